The molecule has 0 heterocycles. The molecule has 1 unspecified atom stereocenters. The van der Waals surface area contributed by atoms with Crippen molar-refractivity contribution in [3.05, 3.63) is 29.3 Å². The van der Waals surface area contributed by atoms with Crippen molar-refractivity contribution < 1.29 is 17.7 Å². The zero-order valence-corrected chi connectivity index (χ0v) is 22.4. The van der Waals surface area contributed by atoms with Gasteiger partial charge in [0.25, 0.3) is 10.1 Å². The standard InChI is InChI=1S/C28H50O4S/c1-4-6-8-10-12-14-16-18-26-20-21-27(19-17-15-13-11-9-7-5-2)28(24-26)32-23-22-25(3)33(29,30)31/h20-21,24-25H,4-19,22-23H2,1-3H3,(H,29,30,31). The van der Waals surface area contributed by atoms with E-state index in [1.807, 2.05) is 0 Å². The molecule has 0 aliphatic rings. The van der Waals surface area contributed by atoms with Gasteiger partial charge in [-0.2, -0.15) is 8.42 Å². The van der Waals surface area contributed by atoms with E-state index in [9.17, 15) is 13.0 Å². The normalized spacial score (nSPS) is 12.7. The summed E-state index contributed by atoms with van der Waals surface area (Å²) in [5.41, 5.74) is 2.51. The first kappa shape index (κ1) is 30.0. The average molecular weight is 483 g/mol. The highest BCUT2D eigenvalue weighted by Crippen LogP contribution is 2.25. The highest BCUT2D eigenvalue weighted by molar-refractivity contribution is 7.86. The maximum absolute atomic E-state index is 11.3. The number of rotatable bonds is 21. The molecule has 1 aromatic rings. The molecule has 4 nitrogen and oxygen atoms in total. The summed E-state index contributed by atoms with van der Waals surface area (Å²) in [7, 11) is -4.01. The van der Waals surface area contributed by atoms with Crippen molar-refractivity contribution in [2.75, 3.05) is 6.61 Å². The molecule has 0 fully saturated rings. The summed E-state index contributed by atoms with van der Waals surface area (Å²) >= 11 is 0. The van der Waals surface area contributed by atoms with Crippen molar-refractivity contribution in [3.8, 4) is 5.75 Å². The minimum atomic E-state index is -4.01. The minimum absolute atomic E-state index is 0.289. The molecule has 0 aliphatic carbocycles. The Hall–Kier alpha value is -1.07. The van der Waals surface area contributed by atoms with Gasteiger partial charge in [0, 0.05) is 6.42 Å². The van der Waals surface area contributed by atoms with Gasteiger partial charge >= 0.3 is 0 Å². The van der Waals surface area contributed by atoms with E-state index in [0.717, 1.165) is 25.0 Å². The smallest absolute Gasteiger partial charge is 0.267 e. The molecular formula is C28H50O4S. The first-order valence-electron chi connectivity index (χ1n) is 13.6. The molecule has 0 aromatic heterocycles. The van der Waals surface area contributed by atoms with Crippen LogP contribution in [0.1, 0.15) is 128 Å². The van der Waals surface area contributed by atoms with Crippen molar-refractivity contribution in [1.82, 2.24) is 0 Å². The summed E-state index contributed by atoms with van der Waals surface area (Å²) in [4.78, 5) is 0. The van der Waals surface area contributed by atoms with Crippen molar-refractivity contribution in [2.45, 2.75) is 135 Å². The molecule has 0 amide bonds. The molecule has 1 N–H and O–H groups in total. The molecule has 0 radical (unpaired) electrons. The van der Waals surface area contributed by atoms with Gasteiger partial charge in [0.1, 0.15) is 5.75 Å². The van der Waals surface area contributed by atoms with Gasteiger partial charge in [-0.1, -0.05) is 103 Å². The molecule has 0 aliphatic heterocycles. The van der Waals surface area contributed by atoms with Crippen molar-refractivity contribution in [3.63, 3.8) is 0 Å². The van der Waals surface area contributed by atoms with Crippen LogP contribution in [0.2, 0.25) is 0 Å². The van der Waals surface area contributed by atoms with Gasteiger partial charge in [-0.05, 0) is 49.8 Å². The quantitative estimate of drug-likeness (QED) is 0.141. The topological polar surface area (TPSA) is 63.6 Å². The van der Waals surface area contributed by atoms with E-state index in [2.05, 4.69) is 32.0 Å². The molecule has 0 saturated carbocycles. The number of ether oxygens (including phenoxy) is 1. The maximum atomic E-state index is 11.3. The van der Waals surface area contributed by atoms with Crippen LogP contribution in [0.4, 0.5) is 0 Å². The van der Waals surface area contributed by atoms with E-state index in [4.69, 9.17) is 4.74 Å². The van der Waals surface area contributed by atoms with Crippen LogP contribution in [0.3, 0.4) is 0 Å². The van der Waals surface area contributed by atoms with Crippen LogP contribution in [0.5, 0.6) is 5.75 Å². The number of aryl methyl sites for hydroxylation is 2. The Labute approximate surface area is 204 Å². The van der Waals surface area contributed by atoms with E-state index in [-0.39, 0.29) is 6.42 Å². The third kappa shape index (κ3) is 14.7. The second kappa shape index (κ2) is 18.3. The van der Waals surface area contributed by atoms with E-state index < -0.39 is 15.4 Å². The molecule has 0 bridgehead atoms. The summed E-state index contributed by atoms with van der Waals surface area (Å²) in [6.45, 7) is 6.32. The van der Waals surface area contributed by atoms with Crippen LogP contribution in [0.25, 0.3) is 0 Å². The predicted molar refractivity (Wildman–Crippen MR) is 141 cm³/mol. The van der Waals surface area contributed by atoms with Gasteiger partial charge in [-0.15, -0.1) is 0 Å². The number of hydrogen-bond donors (Lipinski definition) is 1. The molecule has 33 heavy (non-hydrogen) atoms. The van der Waals surface area contributed by atoms with E-state index in [1.54, 1.807) is 0 Å². The summed E-state index contributed by atoms with van der Waals surface area (Å²) in [5.74, 6) is 0.893. The second-order valence-corrected chi connectivity index (χ2v) is 11.5. The lowest BCUT2D eigenvalue weighted by Gasteiger charge is -2.15. The SMILES string of the molecule is CCCCCCCCCc1ccc(CCCCCCCCC)c(OCCC(C)S(=O)(=O)O)c1. The lowest BCUT2D eigenvalue weighted by atomic mass is 9.99. The summed E-state index contributed by atoms with van der Waals surface area (Å²) in [6.07, 6.45) is 20.4. The average Bonchev–Trinajstić information content (AvgIpc) is 2.78. The third-order valence-corrected chi connectivity index (χ3v) is 7.79. The molecule has 1 rings (SSSR count). The molecule has 0 spiro atoms. The first-order chi connectivity index (χ1) is 15.9. The number of hydrogen-bond acceptors (Lipinski definition) is 3. The lowest BCUT2D eigenvalue weighted by Crippen LogP contribution is -2.19. The number of benzene rings is 1. The Morgan fingerprint density at radius 2 is 1.30 bits per heavy atom. The molecule has 5 heteroatoms. The molecular weight excluding hydrogens is 432 g/mol. The van der Waals surface area contributed by atoms with Crippen LogP contribution in [-0.2, 0) is 23.0 Å². The van der Waals surface area contributed by atoms with Gasteiger partial charge < -0.3 is 4.74 Å². The second-order valence-electron chi connectivity index (χ2n) is 9.65. The largest absolute Gasteiger partial charge is 0.493 e. The lowest BCUT2D eigenvalue weighted by molar-refractivity contribution is 0.303. The molecule has 192 valence electrons. The van der Waals surface area contributed by atoms with Crippen LogP contribution in [0, 0.1) is 0 Å². The predicted octanol–water partition coefficient (Wildman–Crippen LogP) is 8.32. The fraction of sp³-hybridized carbons (Fsp3) is 0.786. The highest BCUT2D eigenvalue weighted by Gasteiger charge is 2.17. The van der Waals surface area contributed by atoms with Gasteiger partial charge in [0.05, 0.1) is 11.9 Å². The summed E-state index contributed by atoms with van der Waals surface area (Å²) < 4.78 is 37.8. The first-order valence-corrected chi connectivity index (χ1v) is 15.1. The van der Waals surface area contributed by atoms with Crippen LogP contribution in [-0.4, -0.2) is 24.8 Å². The number of unbranched alkanes of at least 4 members (excludes halogenated alkanes) is 12. The third-order valence-electron chi connectivity index (χ3n) is 6.54. The van der Waals surface area contributed by atoms with Gasteiger partial charge in [0.2, 0.25) is 0 Å². The summed E-state index contributed by atoms with van der Waals surface area (Å²) in [6, 6.07) is 6.60. The molecule has 0 saturated heterocycles. The molecule has 1 aromatic carbocycles. The van der Waals surface area contributed by atoms with Crippen LogP contribution < -0.4 is 4.74 Å². The Balaban J connectivity index is 2.57. The van der Waals surface area contributed by atoms with Gasteiger partial charge in [0.15, 0.2) is 0 Å². The van der Waals surface area contributed by atoms with Crippen molar-refractivity contribution in [1.29, 1.82) is 0 Å². The Morgan fingerprint density at radius 3 is 1.85 bits per heavy atom. The fourth-order valence-electron chi connectivity index (χ4n) is 4.14. The zero-order chi connectivity index (χ0) is 24.4. The van der Waals surface area contributed by atoms with Gasteiger partial charge in [-0.25, -0.2) is 0 Å². The Kier molecular flexibility index (Phi) is 16.6. The fourth-order valence-corrected chi connectivity index (χ4v) is 4.53. The molecule has 1 atom stereocenters. The summed E-state index contributed by atoms with van der Waals surface area (Å²) in [5, 5.41) is -0.806. The maximum Gasteiger partial charge on any atom is 0.267 e. The minimum Gasteiger partial charge on any atom is -0.493 e. The van der Waals surface area contributed by atoms with Gasteiger partial charge in [-0.3, -0.25) is 4.55 Å². The monoisotopic (exact) mass is 482 g/mol. The Bertz CT molecular complexity index is 715. The van der Waals surface area contributed by atoms with Crippen molar-refractivity contribution >= 4 is 10.1 Å². The Morgan fingerprint density at radius 1 is 0.788 bits per heavy atom. The van der Waals surface area contributed by atoms with E-state index in [0.29, 0.717) is 6.61 Å². The van der Waals surface area contributed by atoms with E-state index in [1.165, 1.54) is 102 Å². The van der Waals surface area contributed by atoms with Crippen molar-refractivity contribution in [2.24, 2.45) is 0 Å². The zero-order valence-electron chi connectivity index (χ0n) is 21.6. The highest BCUT2D eigenvalue weighted by atomic mass is 32.2. The van der Waals surface area contributed by atoms with Crippen LogP contribution in [0.15, 0.2) is 18.2 Å². The van der Waals surface area contributed by atoms with E-state index >= 15 is 0 Å². The van der Waals surface area contributed by atoms with Crippen LogP contribution >= 0.6 is 0 Å².